The van der Waals surface area contributed by atoms with Gasteiger partial charge < -0.3 is 4.74 Å². The minimum Gasteiger partial charge on any atom is -0.427 e. The summed E-state index contributed by atoms with van der Waals surface area (Å²) < 4.78 is 6.06. The van der Waals surface area contributed by atoms with Gasteiger partial charge in [0.15, 0.2) is 0 Å². The number of amides is 2. The molecule has 0 aromatic heterocycles. The van der Waals surface area contributed by atoms with Crippen LogP contribution in [0.4, 0.5) is 4.79 Å². The molecule has 1 N–H and O–H groups in total. The molecule has 1 aliphatic heterocycles. The van der Waals surface area contributed by atoms with Gasteiger partial charge in [0, 0.05) is 16.5 Å². The summed E-state index contributed by atoms with van der Waals surface area (Å²) in [6.07, 6.45) is 0.623. The van der Waals surface area contributed by atoms with Crippen molar-refractivity contribution in [2.45, 2.75) is 18.4 Å². The molecule has 1 fully saturated rings. The largest absolute Gasteiger partial charge is 0.427 e. The lowest BCUT2D eigenvalue weighted by Gasteiger charge is -2.19. The number of hydrogen-bond donors (Lipinski definition) is 1. The van der Waals surface area contributed by atoms with Crippen LogP contribution in [0.25, 0.3) is 0 Å². The van der Waals surface area contributed by atoms with Crippen molar-refractivity contribution in [3.63, 3.8) is 0 Å². The van der Waals surface area contributed by atoms with Gasteiger partial charge in [0.05, 0.1) is 0 Å². The molecule has 1 spiro atoms. The third-order valence-electron chi connectivity index (χ3n) is 3.10. The molecule has 2 amide bonds. The van der Waals surface area contributed by atoms with Crippen LogP contribution in [-0.2, 0) is 21.6 Å². The van der Waals surface area contributed by atoms with Crippen molar-refractivity contribution in [2.75, 3.05) is 0 Å². The van der Waals surface area contributed by atoms with Crippen molar-refractivity contribution in [3.05, 3.63) is 33.8 Å². The van der Waals surface area contributed by atoms with Crippen molar-refractivity contribution in [1.29, 1.82) is 0 Å². The van der Waals surface area contributed by atoms with Crippen LogP contribution in [0.3, 0.4) is 0 Å². The number of alkyl carbamates (subject to hydrolysis) is 1. The van der Waals surface area contributed by atoms with Crippen LogP contribution in [-0.4, -0.2) is 12.0 Å². The first-order valence-corrected chi connectivity index (χ1v) is 5.74. The van der Waals surface area contributed by atoms with E-state index in [2.05, 4.69) is 21.2 Å². The van der Waals surface area contributed by atoms with E-state index in [1.165, 1.54) is 0 Å². The minimum atomic E-state index is -1.09. The zero-order chi connectivity index (χ0) is 11.3. The van der Waals surface area contributed by atoms with Crippen LogP contribution in [0.1, 0.15) is 17.5 Å². The molecule has 1 aliphatic carbocycles. The molecule has 1 atom stereocenters. The summed E-state index contributed by atoms with van der Waals surface area (Å²) in [5.41, 5.74) is 0.772. The maximum Gasteiger partial charge on any atom is 0.415 e. The van der Waals surface area contributed by atoms with Gasteiger partial charge in [0.1, 0.15) is 0 Å². The lowest BCUT2D eigenvalue weighted by molar-refractivity contribution is -0.131. The highest BCUT2D eigenvalue weighted by Crippen LogP contribution is 2.43. The summed E-state index contributed by atoms with van der Waals surface area (Å²) in [7, 11) is 0. The van der Waals surface area contributed by atoms with E-state index >= 15 is 0 Å². The monoisotopic (exact) mass is 281 g/mol. The van der Waals surface area contributed by atoms with Gasteiger partial charge in [-0.25, -0.2) is 4.79 Å². The summed E-state index contributed by atoms with van der Waals surface area (Å²) in [5, 5.41) is 2.19. The molecule has 0 bridgehead atoms. The van der Waals surface area contributed by atoms with Gasteiger partial charge in [-0.3, -0.25) is 10.1 Å². The van der Waals surface area contributed by atoms with E-state index in [-0.39, 0.29) is 5.91 Å². The van der Waals surface area contributed by atoms with Crippen LogP contribution in [0.2, 0.25) is 0 Å². The quantitative estimate of drug-likeness (QED) is 0.790. The maximum atomic E-state index is 11.8. The molecule has 0 saturated carbocycles. The summed E-state index contributed by atoms with van der Waals surface area (Å²) in [6, 6.07) is 5.72. The van der Waals surface area contributed by atoms with Crippen molar-refractivity contribution < 1.29 is 14.3 Å². The molecule has 1 aromatic carbocycles. The fourth-order valence-electron chi connectivity index (χ4n) is 2.35. The zero-order valence-corrected chi connectivity index (χ0v) is 9.83. The smallest absolute Gasteiger partial charge is 0.415 e. The standard InChI is InChI=1S/C11H8BrNO3/c12-7-2-1-6-3-4-11(8(6)5-7)9(14)13-10(15)16-11/h1-2,5H,3-4H2,(H,13,14,15)/t11-/m0/s1. The predicted octanol–water partition coefficient (Wildman–Crippen LogP) is 1.86. The number of aryl methyl sites for hydroxylation is 1. The molecule has 1 saturated heterocycles. The van der Waals surface area contributed by atoms with E-state index in [1.54, 1.807) is 0 Å². The average molecular weight is 282 g/mol. The van der Waals surface area contributed by atoms with Gasteiger partial charge in [0.25, 0.3) is 5.91 Å². The van der Waals surface area contributed by atoms with E-state index in [0.29, 0.717) is 6.42 Å². The molecule has 16 heavy (non-hydrogen) atoms. The van der Waals surface area contributed by atoms with Gasteiger partial charge in [-0.15, -0.1) is 0 Å². The van der Waals surface area contributed by atoms with Gasteiger partial charge in [-0.1, -0.05) is 22.0 Å². The van der Waals surface area contributed by atoms with Crippen molar-refractivity contribution in [1.82, 2.24) is 5.32 Å². The zero-order valence-electron chi connectivity index (χ0n) is 8.25. The Kier molecular flexibility index (Phi) is 1.89. The minimum absolute atomic E-state index is 0.352. The van der Waals surface area contributed by atoms with Crippen LogP contribution < -0.4 is 5.32 Å². The van der Waals surface area contributed by atoms with Crippen molar-refractivity contribution >= 4 is 27.9 Å². The van der Waals surface area contributed by atoms with Crippen LogP contribution in [0.15, 0.2) is 22.7 Å². The fourth-order valence-corrected chi connectivity index (χ4v) is 2.71. The van der Waals surface area contributed by atoms with E-state index < -0.39 is 11.7 Å². The van der Waals surface area contributed by atoms with E-state index in [4.69, 9.17) is 4.74 Å². The van der Waals surface area contributed by atoms with E-state index in [1.807, 2.05) is 18.2 Å². The maximum absolute atomic E-state index is 11.8. The summed E-state index contributed by atoms with van der Waals surface area (Å²) in [6.45, 7) is 0. The first kappa shape index (κ1) is 9.84. The molecule has 1 heterocycles. The number of hydrogen-bond acceptors (Lipinski definition) is 3. The molecule has 4 nitrogen and oxygen atoms in total. The third-order valence-corrected chi connectivity index (χ3v) is 3.60. The van der Waals surface area contributed by atoms with Crippen LogP contribution in [0, 0.1) is 0 Å². The Morgan fingerprint density at radius 3 is 2.88 bits per heavy atom. The first-order chi connectivity index (χ1) is 7.62. The average Bonchev–Trinajstić information content (AvgIpc) is 2.71. The van der Waals surface area contributed by atoms with Gasteiger partial charge >= 0.3 is 6.09 Å². The highest BCUT2D eigenvalue weighted by atomic mass is 79.9. The summed E-state index contributed by atoms with van der Waals surface area (Å²) >= 11 is 3.36. The van der Waals surface area contributed by atoms with Crippen LogP contribution in [0.5, 0.6) is 0 Å². The first-order valence-electron chi connectivity index (χ1n) is 4.95. The molecule has 82 valence electrons. The summed E-state index contributed by atoms with van der Waals surface area (Å²) in [5.74, 6) is -0.352. The number of rotatable bonds is 0. The number of fused-ring (bicyclic) bond motifs is 2. The Labute approximate surface area is 100 Å². The molecule has 0 radical (unpaired) electrons. The number of halogens is 1. The number of nitrogens with one attached hydrogen (secondary N) is 1. The predicted molar refractivity (Wildman–Crippen MR) is 58.8 cm³/mol. The Balaban J connectivity index is 2.18. The normalized spacial score (nSPS) is 26.8. The van der Waals surface area contributed by atoms with Gasteiger partial charge in [-0.2, -0.15) is 0 Å². The second-order valence-corrected chi connectivity index (χ2v) is 4.89. The van der Waals surface area contributed by atoms with Gasteiger partial charge in [-0.05, 0) is 24.1 Å². The number of carbonyl (C=O) groups is 2. The number of carbonyl (C=O) groups excluding carboxylic acids is 2. The number of ether oxygens (including phenoxy) is 1. The second kappa shape index (κ2) is 3.07. The highest BCUT2D eigenvalue weighted by Gasteiger charge is 2.54. The number of benzene rings is 1. The van der Waals surface area contributed by atoms with Crippen molar-refractivity contribution in [3.8, 4) is 0 Å². The Bertz CT molecular complexity index is 514. The number of imide groups is 1. The van der Waals surface area contributed by atoms with E-state index in [0.717, 1.165) is 22.0 Å². The lowest BCUT2D eigenvalue weighted by Crippen LogP contribution is -2.34. The topological polar surface area (TPSA) is 55.4 Å². The lowest BCUT2D eigenvalue weighted by atomic mass is 9.95. The van der Waals surface area contributed by atoms with Crippen LogP contribution >= 0.6 is 15.9 Å². The molecule has 3 rings (SSSR count). The summed E-state index contributed by atoms with van der Waals surface area (Å²) in [4.78, 5) is 23.0. The Morgan fingerprint density at radius 1 is 1.38 bits per heavy atom. The molecule has 2 aliphatic rings. The second-order valence-electron chi connectivity index (χ2n) is 3.97. The molecular formula is C11H8BrNO3. The Morgan fingerprint density at radius 2 is 2.19 bits per heavy atom. The fraction of sp³-hybridized carbons (Fsp3) is 0.273. The SMILES string of the molecule is O=C1NC(=O)[C@@]2(CCc3ccc(Br)cc32)O1. The third kappa shape index (κ3) is 1.15. The molecule has 0 unspecified atom stereocenters. The van der Waals surface area contributed by atoms with E-state index in [9.17, 15) is 9.59 Å². The molecule has 5 heteroatoms. The molecule has 1 aromatic rings. The Hall–Kier alpha value is -1.36. The molecular weight excluding hydrogens is 274 g/mol. The van der Waals surface area contributed by atoms with Crippen molar-refractivity contribution in [2.24, 2.45) is 0 Å². The van der Waals surface area contributed by atoms with Gasteiger partial charge in [0.2, 0.25) is 5.60 Å². The highest BCUT2D eigenvalue weighted by molar-refractivity contribution is 9.10.